The minimum Gasteiger partial charge on any atom is -0.485 e. The summed E-state index contributed by atoms with van der Waals surface area (Å²) in [5.74, 6) is -0.352. The third-order valence-electron chi connectivity index (χ3n) is 2.06. The van der Waals surface area contributed by atoms with E-state index in [0.717, 1.165) is 4.88 Å². The molecule has 0 aliphatic rings. The predicted molar refractivity (Wildman–Crippen MR) is 58.8 cm³/mol. The molecule has 0 spiro atoms. The second kappa shape index (κ2) is 5.05. The van der Waals surface area contributed by atoms with E-state index in [1.165, 1.54) is 17.4 Å². The van der Waals surface area contributed by atoms with E-state index in [1.807, 2.05) is 0 Å². The van der Waals surface area contributed by atoms with Crippen molar-refractivity contribution in [3.63, 3.8) is 0 Å². The molecule has 1 N–H and O–H groups in total. The summed E-state index contributed by atoms with van der Waals surface area (Å²) in [5.41, 5.74) is 2.14. The Morgan fingerprint density at radius 3 is 3.00 bits per heavy atom. The van der Waals surface area contributed by atoms with Gasteiger partial charge in [0.25, 0.3) is 0 Å². The van der Waals surface area contributed by atoms with Crippen molar-refractivity contribution in [1.29, 1.82) is 0 Å². The molecular weight excluding hydrogens is 229 g/mol. The molecular formula is C11H10FNO2S. The van der Waals surface area contributed by atoms with E-state index in [4.69, 9.17) is 9.84 Å². The summed E-state index contributed by atoms with van der Waals surface area (Å²) < 4.78 is 18.8. The number of para-hydroxylation sites is 1. The van der Waals surface area contributed by atoms with Crippen molar-refractivity contribution in [3.8, 4) is 5.75 Å². The Balaban J connectivity index is 2.14. The predicted octanol–water partition coefficient (Wildman–Crippen LogP) is 2.35. The molecule has 1 heterocycles. The van der Waals surface area contributed by atoms with Crippen LogP contribution in [-0.4, -0.2) is 10.1 Å². The molecule has 2 rings (SSSR count). The van der Waals surface area contributed by atoms with Crippen LogP contribution in [0.4, 0.5) is 4.39 Å². The van der Waals surface area contributed by atoms with E-state index in [1.54, 1.807) is 23.8 Å². The van der Waals surface area contributed by atoms with Crippen molar-refractivity contribution >= 4 is 11.3 Å². The first-order valence-corrected chi connectivity index (χ1v) is 5.57. The first-order valence-electron chi connectivity index (χ1n) is 4.69. The molecule has 0 atom stereocenters. The van der Waals surface area contributed by atoms with E-state index in [0.29, 0.717) is 5.56 Å². The maximum Gasteiger partial charge on any atom is 0.165 e. The van der Waals surface area contributed by atoms with Gasteiger partial charge in [0, 0.05) is 11.8 Å². The molecule has 1 aromatic carbocycles. The SMILES string of the molecule is OCc1cccc(F)c1OCc1cncs1. The normalized spacial score (nSPS) is 10.4. The van der Waals surface area contributed by atoms with Crippen molar-refractivity contribution in [2.75, 3.05) is 0 Å². The van der Waals surface area contributed by atoms with Gasteiger partial charge in [-0.15, -0.1) is 11.3 Å². The molecule has 0 fully saturated rings. The van der Waals surface area contributed by atoms with Crippen LogP contribution in [-0.2, 0) is 13.2 Å². The van der Waals surface area contributed by atoms with Gasteiger partial charge in [-0.2, -0.15) is 0 Å². The Morgan fingerprint density at radius 1 is 1.44 bits per heavy atom. The quantitative estimate of drug-likeness (QED) is 0.890. The first kappa shape index (κ1) is 11.0. The summed E-state index contributed by atoms with van der Waals surface area (Å²) in [6.07, 6.45) is 1.67. The number of aliphatic hydroxyl groups is 1. The van der Waals surface area contributed by atoms with Gasteiger partial charge < -0.3 is 9.84 Å². The zero-order chi connectivity index (χ0) is 11.4. The van der Waals surface area contributed by atoms with Crippen LogP contribution < -0.4 is 4.74 Å². The Hall–Kier alpha value is -1.46. The lowest BCUT2D eigenvalue weighted by Crippen LogP contribution is -1.99. The van der Waals surface area contributed by atoms with Crippen LogP contribution in [0.1, 0.15) is 10.4 Å². The van der Waals surface area contributed by atoms with Gasteiger partial charge in [0.05, 0.1) is 17.0 Å². The van der Waals surface area contributed by atoms with Crippen LogP contribution in [0.25, 0.3) is 0 Å². The molecule has 0 saturated carbocycles. The fraction of sp³-hybridized carbons (Fsp3) is 0.182. The summed E-state index contributed by atoms with van der Waals surface area (Å²) >= 11 is 1.44. The zero-order valence-electron chi connectivity index (χ0n) is 8.39. The zero-order valence-corrected chi connectivity index (χ0v) is 9.21. The van der Waals surface area contributed by atoms with E-state index in [2.05, 4.69) is 4.98 Å². The van der Waals surface area contributed by atoms with Gasteiger partial charge >= 0.3 is 0 Å². The van der Waals surface area contributed by atoms with Gasteiger partial charge in [0.1, 0.15) is 6.61 Å². The van der Waals surface area contributed by atoms with Crippen LogP contribution in [0.15, 0.2) is 29.9 Å². The minimum absolute atomic E-state index is 0.110. The highest BCUT2D eigenvalue weighted by Gasteiger charge is 2.09. The van der Waals surface area contributed by atoms with Gasteiger partial charge in [-0.25, -0.2) is 4.39 Å². The van der Waals surface area contributed by atoms with Crippen LogP contribution >= 0.6 is 11.3 Å². The van der Waals surface area contributed by atoms with E-state index >= 15 is 0 Å². The molecule has 0 aliphatic carbocycles. The maximum atomic E-state index is 13.4. The molecule has 0 unspecified atom stereocenters. The van der Waals surface area contributed by atoms with Crippen molar-refractivity contribution in [2.45, 2.75) is 13.2 Å². The Kier molecular flexibility index (Phi) is 3.48. The van der Waals surface area contributed by atoms with Gasteiger partial charge in [-0.1, -0.05) is 12.1 Å². The number of hydrogen-bond acceptors (Lipinski definition) is 4. The molecule has 0 aliphatic heterocycles. The Labute approximate surface area is 96.2 Å². The number of nitrogens with zero attached hydrogens (tertiary/aromatic N) is 1. The summed E-state index contributed by atoms with van der Waals surface area (Å²) in [6.45, 7) is 0.0222. The second-order valence-electron chi connectivity index (χ2n) is 3.14. The molecule has 0 bridgehead atoms. The average molecular weight is 239 g/mol. The number of halogens is 1. The average Bonchev–Trinajstić information content (AvgIpc) is 2.80. The third kappa shape index (κ3) is 2.37. The van der Waals surface area contributed by atoms with E-state index < -0.39 is 5.82 Å². The largest absolute Gasteiger partial charge is 0.485 e. The van der Waals surface area contributed by atoms with Crippen LogP contribution in [0.2, 0.25) is 0 Å². The monoisotopic (exact) mass is 239 g/mol. The number of thiazole rings is 1. The fourth-order valence-electron chi connectivity index (χ4n) is 1.30. The van der Waals surface area contributed by atoms with E-state index in [-0.39, 0.29) is 19.0 Å². The second-order valence-corrected chi connectivity index (χ2v) is 4.11. The Morgan fingerprint density at radius 2 is 2.31 bits per heavy atom. The lowest BCUT2D eigenvalue weighted by atomic mass is 10.2. The number of ether oxygens (including phenoxy) is 1. The molecule has 0 amide bonds. The van der Waals surface area contributed by atoms with Gasteiger partial charge in [0.15, 0.2) is 11.6 Å². The van der Waals surface area contributed by atoms with Gasteiger partial charge in [-0.05, 0) is 6.07 Å². The van der Waals surface area contributed by atoms with Gasteiger partial charge in [-0.3, -0.25) is 4.98 Å². The highest BCUT2D eigenvalue weighted by Crippen LogP contribution is 2.24. The molecule has 0 saturated heterocycles. The van der Waals surface area contributed by atoms with Crippen molar-refractivity contribution in [1.82, 2.24) is 4.98 Å². The smallest absolute Gasteiger partial charge is 0.165 e. The minimum atomic E-state index is -0.462. The van der Waals surface area contributed by atoms with Crippen LogP contribution in [0.3, 0.4) is 0 Å². The van der Waals surface area contributed by atoms with E-state index in [9.17, 15) is 4.39 Å². The number of aliphatic hydroxyl groups excluding tert-OH is 1. The molecule has 1 aromatic heterocycles. The lowest BCUT2D eigenvalue weighted by Gasteiger charge is -2.09. The number of benzene rings is 1. The molecule has 0 radical (unpaired) electrons. The topological polar surface area (TPSA) is 42.4 Å². The first-order chi connectivity index (χ1) is 7.81. The third-order valence-corrected chi connectivity index (χ3v) is 2.81. The van der Waals surface area contributed by atoms with Gasteiger partial charge in [0.2, 0.25) is 0 Å². The summed E-state index contributed by atoms with van der Waals surface area (Å²) in [4.78, 5) is 4.80. The number of rotatable bonds is 4. The van der Waals surface area contributed by atoms with Crippen molar-refractivity contribution < 1.29 is 14.2 Å². The number of hydrogen-bond donors (Lipinski definition) is 1. The van der Waals surface area contributed by atoms with Crippen molar-refractivity contribution in [2.24, 2.45) is 0 Å². The number of aromatic nitrogens is 1. The van der Waals surface area contributed by atoms with Crippen LogP contribution in [0.5, 0.6) is 5.75 Å². The molecule has 2 aromatic rings. The van der Waals surface area contributed by atoms with Crippen LogP contribution in [0, 0.1) is 5.82 Å². The molecule has 5 heteroatoms. The summed E-state index contributed by atoms with van der Waals surface area (Å²) in [6, 6.07) is 4.48. The molecule has 3 nitrogen and oxygen atoms in total. The molecule has 84 valence electrons. The van der Waals surface area contributed by atoms with Crippen molar-refractivity contribution in [3.05, 3.63) is 46.2 Å². The molecule has 16 heavy (non-hydrogen) atoms. The maximum absolute atomic E-state index is 13.4. The Bertz CT molecular complexity index is 459. The standard InChI is InChI=1S/C11H10FNO2S/c12-10-3-1-2-8(5-14)11(10)15-6-9-4-13-7-16-9/h1-4,7,14H,5-6H2. The summed E-state index contributed by atoms with van der Waals surface area (Å²) in [5, 5.41) is 9.04. The lowest BCUT2D eigenvalue weighted by molar-refractivity contribution is 0.252. The fourth-order valence-corrected chi connectivity index (χ4v) is 1.80. The highest BCUT2D eigenvalue weighted by atomic mass is 32.1. The highest BCUT2D eigenvalue weighted by molar-refractivity contribution is 7.09. The summed E-state index contributed by atoms with van der Waals surface area (Å²) in [7, 11) is 0.